The summed E-state index contributed by atoms with van der Waals surface area (Å²) in [5, 5.41) is 9.86. The number of urea groups is 1. The highest BCUT2D eigenvalue weighted by atomic mass is 32.1. The van der Waals surface area contributed by atoms with Gasteiger partial charge in [-0.15, -0.1) is 10.2 Å². The number of morpholine rings is 1. The first-order valence-electron chi connectivity index (χ1n) is 7.90. The van der Waals surface area contributed by atoms with Gasteiger partial charge in [0, 0.05) is 19.6 Å². The van der Waals surface area contributed by atoms with Gasteiger partial charge < -0.3 is 9.64 Å². The van der Waals surface area contributed by atoms with E-state index in [-0.39, 0.29) is 12.2 Å². The summed E-state index contributed by atoms with van der Waals surface area (Å²) in [5.74, 6) is 0. The van der Waals surface area contributed by atoms with Crippen LogP contribution in [0.25, 0.3) is 0 Å². The molecule has 2 aliphatic rings. The van der Waals surface area contributed by atoms with Crippen LogP contribution in [0, 0.1) is 6.92 Å². The third-order valence-electron chi connectivity index (χ3n) is 4.13. The summed E-state index contributed by atoms with van der Waals surface area (Å²) in [6.45, 7) is 8.76. The molecule has 1 unspecified atom stereocenters. The first kappa shape index (κ1) is 15.6. The molecule has 0 N–H and O–H groups in total. The Morgan fingerprint density at radius 2 is 2.09 bits per heavy atom. The van der Waals surface area contributed by atoms with Crippen LogP contribution in [0.3, 0.4) is 0 Å². The van der Waals surface area contributed by atoms with Crippen LogP contribution in [0.2, 0.25) is 0 Å². The number of aryl methyl sites for hydroxylation is 1. The smallest absolute Gasteiger partial charge is 0.327 e. The molecule has 2 amide bonds. The Kier molecular flexibility index (Phi) is 4.90. The van der Waals surface area contributed by atoms with E-state index in [4.69, 9.17) is 4.74 Å². The maximum Gasteiger partial charge on any atom is 0.327 e. The normalized spacial score (nSPS) is 23.5. The van der Waals surface area contributed by atoms with Crippen molar-refractivity contribution in [2.75, 3.05) is 44.3 Å². The molecule has 2 aliphatic heterocycles. The van der Waals surface area contributed by atoms with Crippen molar-refractivity contribution in [3.63, 3.8) is 0 Å². The summed E-state index contributed by atoms with van der Waals surface area (Å²) in [6.07, 6.45) is 2.16. The molecule has 0 aliphatic carbocycles. The molecular formula is C14H23N5O2S. The van der Waals surface area contributed by atoms with E-state index >= 15 is 0 Å². The Morgan fingerprint density at radius 3 is 2.73 bits per heavy atom. The van der Waals surface area contributed by atoms with Crippen LogP contribution in [0.5, 0.6) is 0 Å². The lowest BCUT2D eigenvalue weighted by atomic mass is 10.3. The lowest BCUT2D eigenvalue weighted by Gasteiger charge is -2.34. The second kappa shape index (κ2) is 6.89. The van der Waals surface area contributed by atoms with Gasteiger partial charge in [0.15, 0.2) is 0 Å². The van der Waals surface area contributed by atoms with Gasteiger partial charge in [-0.25, -0.2) is 9.69 Å². The first-order chi connectivity index (χ1) is 10.7. The van der Waals surface area contributed by atoms with Crippen LogP contribution in [-0.4, -0.2) is 71.6 Å². The molecule has 0 saturated carbocycles. The average molecular weight is 325 g/mol. The molecule has 0 bridgehead atoms. The van der Waals surface area contributed by atoms with E-state index in [2.05, 4.69) is 22.0 Å². The van der Waals surface area contributed by atoms with Gasteiger partial charge in [0.05, 0.1) is 19.8 Å². The third-order valence-corrected chi connectivity index (χ3v) is 4.97. The minimum Gasteiger partial charge on any atom is -0.379 e. The summed E-state index contributed by atoms with van der Waals surface area (Å²) in [5.41, 5.74) is 0. The molecule has 0 radical (unpaired) electrons. The molecule has 1 aromatic rings. The topological polar surface area (TPSA) is 61.8 Å². The Balaban J connectivity index is 1.82. The number of hydrogen-bond donors (Lipinski definition) is 0. The van der Waals surface area contributed by atoms with Crippen molar-refractivity contribution in [2.45, 2.75) is 32.9 Å². The van der Waals surface area contributed by atoms with Crippen molar-refractivity contribution < 1.29 is 9.53 Å². The number of nitrogens with zero attached hydrogens (tertiary/aromatic N) is 5. The molecule has 8 heteroatoms. The maximum atomic E-state index is 12.8. The number of amides is 2. The number of unbranched alkanes of at least 4 members (excludes halogenated alkanes) is 1. The lowest BCUT2D eigenvalue weighted by Crippen LogP contribution is -2.51. The largest absolute Gasteiger partial charge is 0.379 e. The minimum atomic E-state index is 0.0422. The first-order valence-corrected chi connectivity index (χ1v) is 8.72. The van der Waals surface area contributed by atoms with E-state index in [1.165, 1.54) is 11.3 Å². The molecule has 122 valence electrons. The highest BCUT2D eigenvalue weighted by Gasteiger charge is 2.42. The van der Waals surface area contributed by atoms with Crippen LogP contribution in [0.1, 0.15) is 24.8 Å². The van der Waals surface area contributed by atoms with E-state index < -0.39 is 0 Å². The van der Waals surface area contributed by atoms with Gasteiger partial charge in [-0.05, 0) is 13.3 Å². The van der Waals surface area contributed by atoms with Crippen molar-refractivity contribution in [1.29, 1.82) is 0 Å². The van der Waals surface area contributed by atoms with Crippen LogP contribution < -0.4 is 4.90 Å². The quantitative estimate of drug-likeness (QED) is 0.822. The monoisotopic (exact) mass is 325 g/mol. The molecule has 1 aromatic heterocycles. The molecular weight excluding hydrogens is 302 g/mol. The highest BCUT2D eigenvalue weighted by molar-refractivity contribution is 7.15. The minimum absolute atomic E-state index is 0.0422. The Bertz CT molecular complexity index is 517. The Hall–Kier alpha value is -1.25. The van der Waals surface area contributed by atoms with Crippen molar-refractivity contribution in [1.82, 2.24) is 20.0 Å². The van der Waals surface area contributed by atoms with Crippen molar-refractivity contribution in [2.24, 2.45) is 0 Å². The second-order valence-corrected chi connectivity index (χ2v) is 6.84. The summed E-state index contributed by atoms with van der Waals surface area (Å²) in [6, 6.07) is 0.0566. The molecule has 0 aromatic carbocycles. The van der Waals surface area contributed by atoms with Crippen LogP contribution in [0.4, 0.5) is 9.93 Å². The van der Waals surface area contributed by atoms with Crippen molar-refractivity contribution in [3.8, 4) is 0 Å². The Labute approximate surface area is 134 Å². The number of rotatable bonds is 5. The van der Waals surface area contributed by atoms with Gasteiger partial charge in [-0.3, -0.25) is 4.90 Å². The predicted octanol–water partition coefficient (Wildman–Crippen LogP) is 1.55. The van der Waals surface area contributed by atoms with E-state index in [1.807, 2.05) is 16.7 Å². The number of carbonyl (C=O) groups is 1. The number of anilines is 1. The predicted molar refractivity (Wildman–Crippen MR) is 85.2 cm³/mol. The SMILES string of the molecule is CCCCN1CC(N2CCOCC2)N(c2nnc(C)s2)C1=O. The number of hydrogen-bond acceptors (Lipinski definition) is 6. The van der Waals surface area contributed by atoms with E-state index in [0.29, 0.717) is 5.13 Å². The number of ether oxygens (including phenoxy) is 1. The third kappa shape index (κ3) is 3.09. The van der Waals surface area contributed by atoms with Crippen LogP contribution in [0.15, 0.2) is 0 Å². The van der Waals surface area contributed by atoms with Gasteiger partial charge in [-0.2, -0.15) is 0 Å². The summed E-state index contributed by atoms with van der Waals surface area (Å²) in [7, 11) is 0. The zero-order valence-corrected chi connectivity index (χ0v) is 14.0. The molecule has 2 saturated heterocycles. The maximum absolute atomic E-state index is 12.8. The Morgan fingerprint density at radius 1 is 1.32 bits per heavy atom. The summed E-state index contributed by atoms with van der Waals surface area (Å²) < 4.78 is 5.44. The highest BCUT2D eigenvalue weighted by Crippen LogP contribution is 2.29. The zero-order chi connectivity index (χ0) is 15.5. The molecule has 3 heterocycles. The fraction of sp³-hybridized carbons (Fsp3) is 0.786. The van der Waals surface area contributed by atoms with Gasteiger partial charge in [0.25, 0.3) is 0 Å². The van der Waals surface area contributed by atoms with Gasteiger partial charge in [-0.1, -0.05) is 24.7 Å². The molecule has 3 rings (SSSR count). The molecule has 1 atom stereocenters. The fourth-order valence-electron chi connectivity index (χ4n) is 2.92. The van der Waals surface area contributed by atoms with E-state index in [0.717, 1.165) is 57.2 Å². The molecule has 22 heavy (non-hydrogen) atoms. The molecule has 2 fully saturated rings. The van der Waals surface area contributed by atoms with Gasteiger partial charge in [0.2, 0.25) is 5.13 Å². The lowest BCUT2D eigenvalue weighted by molar-refractivity contribution is 0.0189. The average Bonchev–Trinajstić information content (AvgIpc) is 3.10. The fourth-order valence-corrected chi connectivity index (χ4v) is 3.65. The number of carbonyl (C=O) groups excluding carboxylic acids is 1. The van der Waals surface area contributed by atoms with Crippen molar-refractivity contribution >= 4 is 22.5 Å². The van der Waals surface area contributed by atoms with Gasteiger partial charge in [0.1, 0.15) is 11.2 Å². The summed E-state index contributed by atoms with van der Waals surface area (Å²) >= 11 is 1.48. The van der Waals surface area contributed by atoms with Crippen LogP contribution in [-0.2, 0) is 4.74 Å². The van der Waals surface area contributed by atoms with Crippen molar-refractivity contribution in [3.05, 3.63) is 5.01 Å². The van der Waals surface area contributed by atoms with Gasteiger partial charge >= 0.3 is 6.03 Å². The standard InChI is InChI=1S/C14H23N5O2S/c1-3-4-5-18-10-12(17-6-8-21-9-7-17)19(14(18)20)13-16-15-11(2)22-13/h12H,3-10H2,1-2H3. The zero-order valence-electron chi connectivity index (χ0n) is 13.2. The van der Waals surface area contributed by atoms with E-state index in [1.54, 1.807) is 0 Å². The molecule has 7 nitrogen and oxygen atoms in total. The van der Waals surface area contributed by atoms with Crippen LogP contribution >= 0.6 is 11.3 Å². The summed E-state index contributed by atoms with van der Waals surface area (Å²) in [4.78, 5) is 18.9. The molecule has 0 spiro atoms. The van der Waals surface area contributed by atoms with E-state index in [9.17, 15) is 4.79 Å². The second-order valence-electron chi connectivity index (χ2n) is 5.68. The number of aromatic nitrogens is 2.